The van der Waals surface area contributed by atoms with Gasteiger partial charge in [-0.1, -0.05) is 42.0 Å². The molecule has 2 aromatic carbocycles. The van der Waals surface area contributed by atoms with Crippen molar-refractivity contribution in [3.63, 3.8) is 0 Å². The average molecular weight is 282 g/mol. The third-order valence-corrected chi connectivity index (χ3v) is 3.65. The highest BCUT2D eigenvalue weighted by atomic mass is 16.3. The number of phenols is 1. The molecule has 1 aliphatic heterocycles. The van der Waals surface area contributed by atoms with E-state index in [2.05, 4.69) is 10.6 Å². The third-order valence-electron chi connectivity index (χ3n) is 3.65. The summed E-state index contributed by atoms with van der Waals surface area (Å²) in [7, 11) is 0. The fourth-order valence-electron chi connectivity index (χ4n) is 2.54. The maximum absolute atomic E-state index is 12.4. The molecule has 5 nitrogen and oxygen atoms in total. The molecule has 0 aliphatic carbocycles. The number of nitrogens with one attached hydrogen (secondary N) is 2. The number of hydrogen-bond acceptors (Lipinski definition) is 3. The molecule has 1 atom stereocenters. The van der Waals surface area contributed by atoms with E-state index in [1.54, 1.807) is 12.1 Å². The Hall–Kier alpha value is -2.82. The number of benzene rings is 2. The second-order valence-corrected chi connectivity index (χ2v) is 5.07. The number of amides is 3. The van der Waals surface area contributed by atoms with Gasteiger partial charge in [-0.3, -0.25) is 10.1 Å². The smallest absolute Gasteiger partial charge is 0.322 e. The van der Waals surface area contributed by atoms with E-state index < -0.39 is 17.5 Å². The van der Waals surface area contributed by atoms with Crippen molar-refractivity contribution in [1.82, 2.24) is 10.6 Å². The summed E-state index contributed by atoms with van der Waals surface area (Å²) in [5.74, 6) is -0.329. The normalized spacial score (nSPS) is 21.0. The van der Waals surface area contributed by atoms with Crippen LogP contribution in [0.1, 0.15) is 16.7 Å². The Balaban J connectivity index is 2.20. The van der Waals surface area contributed by atoms with Crippen LogP contribution in [0.2, 0.25) is 0 Å². The van der Waals surface area contributed by atoms with Gasteiger partial charge in [0, 0.05) is 0 Å². The molecule has 0 bridgehead atoms. The molecule has 3 rings (SSSR count). The summed E-state index contributed by atoms with van der Waals surface area (Å²) in [5.41, 5.74) is 1.05. The number of imide groups is 1. The number of carbonyl (C=O) groups excluding carboxylic acids is 2. The summed E-state index contributed by atoms with van der Waals surface area (Å²) >= 11 is 0. The van der Waals surface area contributed by atoms with Gasteiger partial charge in [0.05, 0.1) is 0 Å². The van der Waals surface area contributed by atoms with Crippen LogP contribution < -0.4 is 10.6 Å². The molecule has 0 unspecified atom stereocenters. The number of rotatable bonds is 2. The molecule has 0 radical (unpaired) electrons. The average Bonchev–Trinajstić information content (AvgIpc) is 2.76. The van der Waals surface area contributed by atoms with Crippen LogP contribution in [-0.4, -0.2) is 17.0 Å². The van der Waals surface area contributed by atoms with Crippen molar-refractivity contribution in [3.05, 3.63) is 65.2 Å². The molecule has 3 amide bonds. The van der Waals surface area contributed by atoms with Gasteiger partial charge in [-0.2, -0.15) is 0 Å². The zero-order valence-corrected chi connectivity index (χ0v) is 11.4. The number of carbonyl (C=O) groups is 2. The number of urea groups is 1. The first-order chi connectivity index (χ1) is 10.0. The lowest BCUT2D eigenvalue weighted by Gasteiger charge is -2.27. The quantitative estimate of drug-likeness (QED) is 0.735. The summed E-state index contributed by atoms with van der Waals surface area (Å²) < 4.78 is 0. The second kappa shape index (κ2) is 4.63. The van der Waals surface area contributed by atoms with Crippen molar-refractivity contribution >= 4 is 11.9 Å². The minimum absolute atomic E-state index is 0.0996. The minimum Gasteiger partial charge on any atom is -0.508 e. The minimum atomic E-state index is -1.27. The van der Waals surface area contributed by atoms with Gasteiger partial charge in [-0.25, -0.2) is 4.79 Å². The van der Waals surface area contributed by atoms with Crippen molar-refractivity contribution in [1.29, 1.82) is 0 Å². The van der Waals surface area contributed by atoms with Crippen molar-refractivity contribution in [3.8, 4) is 5.75 Å². The topological polar surface area (TPSA) is 78.4 Å². The van der Waals surface area contributed by atoms with E-state index in [4.69, 9.17) is 0 Å². The van der Waals surface area contributed by atoms with Crippen LogP contribution in [0.15, 0.2) is 48.5 Å². The number of aryl methyl sites for hydroxylation is 1. The lowest BCUT2D eigenvalue weighted by molar-refractivity contribution is -0.122. The van der Waals surface area contributed by atoms with Gasteiger partial charge in [0.1, 0.15) is 5.75 Å². The first-order valence-corrected chi connectivity index (χ1v) is 6.52. The van der Waals surface area contributed by atoms with Gasteiger partial charge in [0.2, 0.25) is 0 Å². The van der Waals surface area contributed by atoms with E-state index in [0.29, 0.717) is 11.1 Å². The maximum Gasteiger partial charge on any atom is 0.322 e. The Morgan fingerprint density at radius 1 is 0.905 bits per heavy atom. The predicted molar refractivity (Wildman–Crippen MR) is 76.7 cm³/mol. The highest BCUT2D eigenvalue weighted by Crippen LogP contribution is 2.33. The van der Waals surface area contributed by atoms with Gasteiger partial charge < -0.3 is 10.4 Å². The molecule has 106 valence electrons. The number of hydrogen-bond donors (Lipinski definition) is 3. The molecule has 5 heteroatoms. The van der Waals surface area contributed by atoms with Crippen molar-refractivity contribution < 1.29 is 14.7 Å². The Labute approximate surface area is 121 Å². The van der Waals surface area contributed by atoms with Gasteiger partial charge >= 0.3 is 6.03 Å². The first kappa shape index (κ1) is 13.2. The molecule has 0 saturated carbocycles. The summed E-state index contributed by atoms with van der Waals surface area (Å²) in [6.45, 7) is 1.95. The van der Waals surface area contributed by atoms with E-state index in [1.807, 2.05) is 31.2 Å². The molecule has 1 fully saturated rings. The largest absolute Gasteiger partial charge is 0.508 e. The van der Waals surface area contributed by atoms with E-state index in [9.17, 15) is 14.7 Å². The summed E-state index contributed by atoms with van der Waals surface area (Å²) in [6.07, 6.45) is 0. The highest BCUT2D eigenvalue weighted by molar-refractivity contribution is 6.09. The molecular formula is C16H14N2O3. The Morgan fingerprint density at radius 2 is 1.43 bits per heavy atom. The number of phenolic OH excluding ortho intramolecular Hbond substituents is 1. The van der Waals surface area contributed by atoms with Crippen LogP contribution in [0.5, 0.6) is 5.75 Å². The lowest BCUT2D eigenvalue weighted by atomic mass is 9.82. The fourth-order valence-corrected chi connectivity index (χ4v) is 2.54. The van der Waals surface area contributed by atoms with Crippen molar-refractivity contribution in [2.24, 2.45) is 0 Å². The van der Waals surface area contributed by atoms with Crippen LogP contribution in [0, 0.1) is 6.92 Å². The molecule has 0 aromatic heterocycles. The summed E-state index contributed by atoms with van der Waals surface area (Å²) in [6, 6.07) is 13.1. The van der Waals surface area contributed by atoms with Crippen LogP contribution in [-0.2, 0) is 10.3 Å². The molecule has 1 heterocycles. The standard InChI is InChI=1S/C16H14N2O3/c1-10-2-4-11(5-3-10)16(14(20)17-15(21)18-16)12-6-8-13(19)9-7-12/h2-9,19H,1H3,(H2,17,18,20,21)/t16-/m1/s1. The van der Waals surface area contributed by atoms with Gasteiger partial charge in [-0.15, -0.1) is 0 Å². The van der Waals surface area contributed by atoms with Crippen molar-refractivity contribution in [2.75, 3.05) is 0 Å². The lowest BCUT2D eigenvalue weighted by Crippen LogP contribution is -2.44. The third kappa shape index (κ3) is 2.03. The molecule has 0 spiro atoms. The zero-order valence-electron chi connectivity index (χ0n) is 11.4. The van der Waals surface area contributed by atoms with Crippen LogP contribution in [0.25, 0.3) is 0 Å². The molecule has 1 aliphatic rings. The Bertz CT molecular complexity index is 660. The Kier molecular flexibility index (Phi) is 2.90. The molecule has 1 saturated heterocycles. The predicted octanol–water partition coefficient (Wildman–Crippen LogP) is 1.78. The summed E-state index contributed by atoms with van der Waals surface area (Å²) in [5, 5.41) is 14.4. The van der Waals surface area contributed by atoms with Crippen LogP contribution >= 0.6 is 0 Å². The number of aromatic hydroxyl groups is 1. The SMILES string of the molecule is Cc1ccc([C@]2(c3ccc(O)cc3)NC(=O)NC2=O)cc1. The van der Waals surface area contributed by atoms with Crippen LogP contribution in [0.3, 0.4) is 0 Å². The van der Waals surface area contributed by atoms with E-state index in [1.165, 1.54) is 12.1 Å². The molecular weight excluding hydrogens is 268 g/mol. The monoisotopic (exact) mass is 282 g/mol. The zero-order chi connectivity index (χ0) is 15.0. The second-order valence-electron chi connectivity index (χ2n) is 5.07. The molecule has 3 N–H and O–H groups in total. The van der Waals surface area contributed by atoms with Crippen LogP contribution in [0.4, 0.5) is 4.79 Å². The van der Waals surface area contributed by atoms with E-state index in [-0.39, 0.29) is 5.75 Å². The van der Waals surface area contributed by atoms with Gasteiger partial charge in [0.25, 0.3) is 5.91 Å². The van der Waals surface area contributed by atoms with Crippen molar-refractivity contribution in [2.45, 2.75) is 12.5 Å². The maximum atomic E-state index is 12.4. The van der Waals surface area contributed by atoms with E-state index in [0.717, 1.165) is 5.56 Å². The highest BCUT2D eigenvalue weighted by Gasteiger charge is 2.49. The summed E-state index contributed by atoms with van der Waals surface area (Å²) in [4.78, 5) is 24.1. The van der Waals surface area contributed by atoms with Gasteiger partial charge in [0.15, 0.2) is 5.54 Å². The fraction of sp³-hybridized carbons (Fsp3) is 0.125. The first-order valence-electron chi connectivity index (χ1n) is 6.52. The molecule has 2 aromatic rings. The van der Waals surface area contributed by atoms with E-state index >= 15 is 0 Å². The molecule has 21 heavy (non-hydrogen) atoms. The Morgan fingerprint density at radius 3 is 1.90 bits per heavy atom. The van der Waals surface area contributed by atoms with Gasteiger partial charge in [-0.05, 0) is 30.2 Å².